The number of halogens is 3. The fourth-order valence-corrected chi connectivity index (χ4v) is 3.19. The third-order valence-corrected chi connectivity index (χ3v) is 4.52. The molecule has 8 heteroatoms. The molecule has 154 valence electrons. The summed E-state index contributed by atoms with van der Waals surface area (Å²) in [7, 11) is 0. The highest BCUT2D eigenvalue weighted by atomic mass is 19.4. The smallest absolute Gasteiger partial charge is 0.417 e. The predicted octanol–water partition coefficient (Wildman–Crippen LogP) is 4.34. The zero-order valence-corrected chi connectivity index (χ0v) is 15.8. The Bertz CT molecular complexity index is 910. The molecule has 0 fully saturated rings. The molecule has 0 aromatic heterocycles. The first-order chi connectivity index (χ1) is 13.6. The summed E-state index contributed by atoms with van der Waals surface area (Å²) in [5.74, 6) is -5.15. The van der Waals surface area contributed by atoms with E-state index in [1.807, 2.05) is 0 Å². The fourth-order valence-electron chi connectivity index (χ4n) is 3.19. The van der Waals surface area contributed by atoms with Crippen LogP contribution in [0.15, 0.2) is 48.5 Å². The second-order valence-electron chi connectivity index (χ2n) is 6.50. The minimum atomic E-state index is -4.95. The number of carbonyl (C=O) groups excluding carboxylic acids is 2. The number of carboxylic acid groups (broad SMARTS) is 1. The van der Waals surface area contributed by atoms with Crippen LogP contribution in [0.1, 0.15) is 59.3 Å². The van der Waals surface area contributed by atoms with E-state index in [9.17, 15) is 32.7 Å². The molecular weight excluding hydrogens is 387 g/mol. The molecule has 0 radical (unpaired) electrons. The molecule has 2 aromatic carbocycles. The van der Waals surface area contributed by atoms with Gasteiger partial charge in [0.2, 0.25) is 5.91 Å². The van der Waals surface area contributed by atoms with Crippen molar-refractivity contribution in [1.29, 1.82) is 0 Å². The quantitative estimate of drug-likeness (QED) is 0.669. The van der Waals surface area contributed by atoms with Crippen molar-refractivity contribution in [1.82, 2.24) is 5.32 Å². The zero-order chi connectivity index (χ0) is 21.8. The van der Waals surface area contributed by atoms with Crippen molar-refractivity contribution in [2.24, 2.45) is 0 Å². The maximum Gasteiger partial charge on any atom is 0.417 e. The fraction of sp³-hybridized carbons (Fsp3) is 0.286. The molecule has 2 atom stereocenters. The lowest BCUT2D eigenvalue weighted by Crippen LogP contribution is -2.36. The van der Waals surface area contributed by atoms with Gasteiger partial charge >= 0.3 is 12.1 Å². The number of ketones is 1. The van der Waals surface area contributed by atoms with E-state index in [-0.39, 0.29) is 0 Å². The number of benzene rings is 2. The third-order valence-electron chi connectivity index (χ3n) is 4.52. The average molecular weight is 407 g/mol. The van der Waals surface area contributed by atoms with E-state index in [1.165, 1.54) is 0 Å². The Hall–Kier alpha value is -3.16. The van der Waals surface area contributed by atoms with Crippen LogP contribution in [0.5, 0.6) is 0 Å². The number of Topliss-reactive ketones (excluding diaryl/α,β-unsaturated/α-hetero) is 1. The van der Waals surface area contributed by atoms with Gasteiger partial charge in [0.1, 0.15) is 11.7 Å². The van der Waals surface area contributed by atoms with Crippen molar-refractivity contribution in [3.63, 3.8) is 0 Å². The van der Waals surface area contributed by atoms with E-state index in [4.69, 9.17) is 0 Å². The number of nitrogens with one attached hydrogen (secondary N) is 1. The van der Waals surface area contributed by atoms with Gasteiger partial charge in [0.25, 0.3) is 0 Å². The molecule has 0 bridgehead atoms. The number of carboxylic acids is 1. The lowest BCUT2D eigenvalue weighted by atomic mass is 9.87. The second kappa shape index (κ2) is 8.89. The third kappa shape index (κ3) is 5.01. The number of hydrogen-bond donors (Lipinski definition) is 2. The van der Waals surface area contributed by atoms with Crippen LogP contribution in [-0.2, 0) is 15.8 Å². The molecule has 1 unspecified atom stereocenters. The van der Waals surface area contributed by atoms with Crippen LogP contribution in [-0.4, -0.2) is 22.8 Å². The Morgan fingerprint density at radius 1 is 1.03 bits per heavy atom. The molecule has 0 saturated heterocycles. The van der Waals surface area contributed by atoms with Crippen LogP contribution >= 0.6 is 0 Å². The Kier molecular flexibility index (Phi) is 6.79. The van der Waals surface area contributed by atoms with E-state index in [1.54, 1.807) is 37.3 Å². The standard InChI is InChI=1S/C21H20F3NO4/c1-3-16(13-8-5-4-6-9-13)25-19(27)17(12(2)26)14-10-7-11-15(21(22,23)24)18(14)20(28)29/h4-11,16-17H,3H2,1-2H3,(H,25,27)(H,28,29)/t16-,17?/m0/s1. The van der Waals surface area contributed by atoms with Crippen molar-refractivity contribution < 1.29 is 32.7 Å². The van der Waals surface area contributed by atoms with Crippen LogP contribution < -0.4 is 5.32 Å². The zero-order valence-electron chi connectivity index (χ0n) is 15.8. The minimum absolute atomic E-state index is 0.467. The summed E-state index contributed by atoms with van der Waals surface area (Å²) in [5.41, 5.74) is -2.23. The molecular formula is C21H20F3NO4. The Balaban J connectivity index is 2.50. The van der Waals surface area contributed by atoms with E-state index >= 15 is 0 Å². The monoisotopic (exact) mass is 407 g/mol. The van der Waals surface area contributed by atoms with Gasteiger partial charge < -0.3 is 10.4 Å². The van der Waals surface area contributed by atoms with Gasteiger partial charge in [-0.05, 0) is 30.5 Å². The molecule has 2 N–H and O–H groups in total. The van der Waals surface area contributed by atoms with E-state index < -0.39 is 52.5 Å². The first-order valence-electron chi connectivity index (χ1n) is 8.87. The Morgan fingerprint density at radius 2 is 1.66 bits per heavy atom. The molecule has 0 aliphatic carbocycles. The highest BCUT2D eigenvalue weighted by Gasteiger charge is 2.39. The average Bonchev–Trinajstić information content (AvgIpc) is 2.65. The summed E-state index contributed by atoms with van der Waals surface area (Å²) in [6.45, 7) is 2.84. The number of carbonyl (C=O) groups is 3. The maximum atomic E-state index is 13.3. The molecule has 0 spiro atoms. The molecule has 5 nitrogen and oxygen atoms in total. The van der Waals surface area contributed by atoms with Gasteiger partial charge in [-0.2, -0.15) is 13.2 Å². The number of aromatic carboxylic acids is 1. The highest BCUT2D eigenvalue weighted by Crippen LogP contribution is 2.36. The first-order valence-corrected chi connectivity index (χ1v) is 8.87. The largest absolute Gasteiger partial charge is 0.478 e. The van der Waals surface area contributed by atoms with Gasteiger partial charge in [-0.25, -0.2) is 4.79 Å². The summed E-state index contributed by atoms with van der Waals surface area (Å²) in [6, 6.07) is 11.0. The Morgan fingerprint density at radius 3 is 2.14 bits per heavy atom. The van der Waals surface area contributed by atoms with Gasteiger partial charge in [0.05, 0.1) is 17.2 Å². The maximum absolute atomic E-state index is 13.3. The normalized spacial score (nSPS) is 13.4. The summed E-state index contributed by atoms with van der Waals surface area (Å²) in [4.78, 5) is 36.6. The van der Waals surface area contributed by atoms with Gasteiger partial charge in [-0.1, -0.05) is 49.4 Å². The van der Waals surface area contributed by atoms with Crippen LogP contribution in [0, 0.1) is 0 Å². The van der Waals surface area contributed by atoms with Crippen LogP contribution in [0.4, 0.5) is 13.2 Å². The van der Waals surface area contributed by atoms with Crippen LogP contribution in [0.3, 0.4) is 0 Å². The Labute approximate surface area is 165 Å². The molecule has 0 heterocycles. The molecule has 0 aliphatic rings. The second-order valence-corrected chi connectivity index (χ2v) is 6.50. The van der Waals surface area contributed by atoms with E-state index in [0.717, 1.165) is 24.6 Å². The van der Waals surface area contributed by atoms with Gasteiger partial charge in [0.15, 0.2) is 0 Å². The summed E-state index contributed by atoms with van der Waals surface area (Å²) >= 11 is 0. The van der Waals surface area contributed by atoms with Crippen molar-refractivity contribution in [2.45, 2.75) is 38.4 Å². The van der Waals surface area contributed by atoms with Gasteiger partial charge in [-0.15, -0.1) is 0 Å². The number of hydrogen-bond acceptors (Lipinski definition) is 3. The number of alkyl halides is 3. The first kappa shape index (κ1) is 22.1. The lowest BCUT2D eigenvalue weighted by Gasteiger charge is -2.23. The van der Waals surface area contributed by atoms with Crippen molar-refractivity contribution in [2.75, 3.05) is 0 Å². The van der Waals surface area contributed by atoms with Gasteiger partial charge in [0, 0.05) is 0 Å². The molecule has 1 amide bonds. The van der Waals surface area contributed by atoms with Crippen molar-refractivity contribution in [3.8, 4) is 0 Å². The predicted molar refractivity (Wildman–Crippen MR) is 99.4 cm³/mol. The highest BCUT2D eigenvalue weighted by molar-refractivity contribution is 6.08. The van der Waals surface area contributed by atoms with Crippen LogP contribution in [0.2, 0.25) is 0 Å². The van der Waals surface area contributed by atoms with E-state index in [2.05, 4.69) is 5.32 Å². The molecule has 2 aromatic rings. The van der Waals surface area contributed by atoms with Crippen LogP contribution in [0.25, 0.3) is 0 Å². The lowest BCUT2D eigenvalue weighted by molar-refractivity contribution is -0.138. The summed E-state index contributed by atoms with van der Waals surface area (Å²) in [6.07, 6.45) is -4.48. The minimum Gasteiger partial charge on any atom is -0.478 e. The summed E-state index contributed by atoms with van der Waals surface area (Å²) < 4.78 is 39.9. The van der Waals surface area contributed by atoms with Gasteiger partial charge in [-0.3, -0.25) is 9.59 Å². The number of rotatable bonds is 7. The topological polar surface area (TPSA) is 83.5 Å². The summed E-state index contributed by atoms with van der Waals surface area (Å²) in [5, 5.41) is 12.0. The van der Waals surface area contributed by atoms with Crippen molar-refractivity contribution in [3.05, 3.63) is 70.8 Å². The number of amides is 1. The molecule has 2 rings (SSSR count). The molecule has 0 aliphatic heterocycles. The molecule has 29 heavy (non-hydrogen) atoms. The van der Waals surface area contributed by atoms with Crippen molar-refractivity contribution >= 4 is 17.7 Å². The molecule has 0 saturated carbocycles. The van der Waals surface area contributed by atoms with E-state index in [0.29, 0.717) is 12.5 Å². The SMILES string of the molecule is CC[C@H](NC(=O)C(C(C)=O)c1cccc(C(F)(F)F)c1C(=O)O)c1ccccc1.